The minimum atomic E-state index is -2.47. The van der Waals surface area contributed by atoms with E-state index >= 15 is 0 Å². The normalized spacial score (nSPS) is 23.4. The van der Waals surface area contributed by atoms with Crippen LogP contribution in [0.2, 0.25) is 0 Å². The van der Waals surface area contributed by atoms with E-state index in [1.54, 1.807) is 27.7 Å². The smallest absolute Gasteiger partial charge is 0.292 e. The number of hydrogen-bond acceptors (Lipinski definition) is 10. The van der Waals surface area contributed by atoms with Gasteiger partial charge in [-0.15, -0.1) is 0 Å². The molecule has 1 aliphatic heterocycles. The summed E-state index contributed by atoms with van der Waals surface area (Å²) in [4.78, 5) is 91.4. The Morgan fingerprint density at radius 3 is 2.27 bits per heavy atom. The summed E-state index contributed by atoms with van der Waals surface area (Å²) < 4.78 is 0. The Balaban J connectivity index is 1.61. The van der Waals surface area contributed by atoms with Gasteiger partial charge >= 0.3 is 0 Å². The summed E-state index contributed by atoms with van der Waals surface area (Å²) in [6, 6.07) is -3.34. The van der Waals surface area contributed by atoms with Crippen molar-refractivity contribution in [3.05, 3.63) is 24.3 Å². The summed E-state index contributed by atoms with van der Waals surface area (Å²) in [6.45, 7) is 9.37. The number of carbonyl (C=O) groups excluding carboxylic acids is 6. The van der Waals surface area contributed by atoms with Crippen molar-refractivity contribution in [2.75, 3.05) is 13.1 Å². The van der Waals surface area contributed by atoms with E-state index in [-0.39, 0.29) is 43.0 Å². The van der Waals surface area contributed by atoms with Crippen LogP contribution in [0.3, 0.4) is 0 Å². The van der Waals surface area contributed by atoms with Crippen LogP contribution in [0.5, 0.6) is 0 Å². The van der Waals surface area contributed by atoms with Crippen LogP contribution in [0.1, 0.15) is 109 Å². The topological polar surface area (TPSA) is 226 Å². The SMILES string of the molecule is CCC[C@](O)(NC(=O)[C@@H]1[C@@H](C)[C@@H](CCN)CN1C(=O)[C@@H](NC(=O)[C@@H](NC(=O)c1cnccn1)C1CCCCC1)C(C)(C)C)C(=O)C(=O)NC1CC1. The van der Waals surface area contributed by atoms with Crippen molar-refractivity contribution in [2.45, 2.75) is 129 Å². The summed E-state index contributed by atoms with van der Waals surface area (Å²) in [7, 11) is 0. The molecule has 0 radical (unpaired) electrons. The lowest BCUT2D eigenvalue weighted by Crippen LogP contribution is -2.64. The number of amides is 5. The molecular weight excluding hydrogens is 656 g/mol. The maximum atomic E-state index is 14.6. The Morgan fingerprint density at radius 1 is 1.02 bits per heavy atom. The summed E-state index contributed by atoms with van der Waals surface area (Å²) in [5, 5.41) is 22.2. The summed E-state index contributed by atoms with van der Waals surface area (Å²) in [5.41, 5.74) is 2.67. The van der Waals surface area contributed by atoms with Gasteiger partial charge in [-0.1, -0.05) is 60.3 Å². The maximum absolute atomic E-state index is 14.6. The molecule has 1 saturated heterocycles. The molecular formula is C36H56N8O7. The third-order valence-corrected chi connectivity index (χ3v) is 10.4. The molecule has 0 unspecified atom stereocenters. The number of carbonyl (C=O) groups is 6. The zero-order valence-electron chi connectivity index (χ0n) is 30.6. The van der Waals surface area contributed by atoms with Gasteiger partial charge in [-0.25, -0.2) is 4.98 Å². The zero-order valence-corrected chi connectivity index (χ0v) is 30.6. The molecule has 1 aromatic heterocycles. The average molecular weight is 713 g/mol. The molecule has 2 saturated carbocycles. The van der Waals surface area contributed by atoms with E-state index < -0.39 is 70.5 Å². The fraction of sp³-hybridized carbons (Fsp3) is 0.722. The minimum absolute atomic E-state index is 0.0620. The first-order valence-corrected chi connectivity index (χ1v) is 18.4. The number of nitrogens with two attached hydrogens (primary N) is 1. The van der Waals surface area contributed by atoms with E-state index in [0.717, 1.165) is 44.9 Å². The lowest BCUT2D eigenvalue weighted by atomic mass is 9.82. The van der Waals surface area contributed by atoms with Gasteiger partial charge in [0.05, 0.1) is 6.20 Å². The number of hydrogen-bond donors (Lipinski definition) is 6. The molecule has 3 aliphatic rings. The number of aromatic nitrogens is 2. The number of aliphatic hydroxyl groups is 1. The Morgan fingerprint density at radius 2 is 1.71 bits per heavy atom. The molecule has 2 aliphatic carbocycles. The Bertz CT molecular complexity index is 1430. The Labute approximate surface area is 300 Å². The molecule has 15 heteroatoms. The van der Waals surface area contributed by atoms with Gasteiger partial charge in [0.2, 0.25) is 23.4 Å². The predicted molar refractivity (Wildman–Crippen MR) is 187 cm³/mol. The molecule has 51 heavy (non-hydrogen) atoms. The second kappa shape index (κ2) is 17.0. The fourth-order valence-electron chi connectivity index (χ4n) is 7.33. The predicted octanol–water partition coefficient (Wildman–Crippen LogP) is 0.951. The van der Waals surface area contributed by atoms with Gasteiger partial charge in [0.1, 0.15) is 23.8 Å². The van der Waals surface area contributed by atoms with E-state index in [0.29, 0.717) is 13.0 Å². The second-order valence-corrected chi connectivity index (χ2v) is 15.6. The van der Waals surface area contributed by atoms with Crippen molar-refractivity contribution in [1.29, 1.82) is 0 Å². The van der Waals surface area contributed by atoms with Crippen LogP contribution in [0.15, 0.2) is 18.6 Å². The van der Waals surface area contributed by atoms with Crippen molar-refractivity contribution in [1.82, 2.24) is 36.1 Å². The average Bonchev–Trinajstić information content (AvgIpc) is 3.85. The maximum Gasteiger partial charge on any atom is 0.292 e. The summed E-state index contributed by atoms with van der Waals surface area (Å²) >= 11 is 0. The van der Waals surface area contributed by atoms with Crippen molar-refractivity contribution in [3.8, 4) is 0 Å². The third-order valence-electron chi connectivity index (χ3n) is 10.4. The van der Waals surface area contributed by atoms with Gasteiger partial charge < -0.3 is 37.0 Å². The molecule has 282 valence electrons. The highest BCUT2D eigenvalue weighted by Crippen LogP contribution is 2.35. The fourth-order valence-corrected chi connectivity index (χ4v) is 7.33. The van der Waals surface area contributed by atoms with Crippen LogP contribution in [0.25, 0.3) is 0 Å². The van der Waals surface area contributed by atoms with E-state index in [1.807, 2.05) is 6.92 Å². The first-order chi connectivity index (χ1) is 24.1. The zero-order chi connectivity index (χ0) is 37.5. The highest BCUT2D eigenvalue weighted by atomic mass is 16.3. The second-order valence-electron chi connectivity index (χ2n) is 15.6. The molecule has 4 rings (SSSR count). The molecule has 15 nitrogen and oxygen atoms in total. The van der Waals surface area contributed by atoms with E-state index in [4.69, 9.17) is 5.73 Å². The standard InChI is InChI=1S/C36H56N8O7/c1-6-15-36(51,29(45)33(49)40-24-12-13-24)43-32(48)27-21(2)23(14-16-37)20-44(27)34(50)28(35(3,4)5)42-31(47)26(22-10-8-7-9-11-22)41-30(46)25-19-38-17-18-39-25/h17-19,21-24,26-28,51H,6-16,20,37H2,1-5H3,(H,40,49)(H,41,46)(H,42,47)(H,43,48)/t21-,23-,26-,27-,28+,36+/m0/s1. The van der Waals surface area contributed by atoms with E-state index in [9.17, 15) is 33.9 Å². The molecule has 3 fully saturated rings. The number of nitrogens with zero attached hydrogens (tertiary/aromatic N) is 3. The van der Waals surface area contributed by atoms with Crippen molar-refractivity contribution < 1.29 is 33.9 Å². The Kier molecular flexibility index (Phi) is 13.3. The number of nitrogens with one attached hydrogen (secondary N) is 4. The summed E-state index contributed by atoms with van der Waals surface area (Å²) in [6.07, 6.45) is 10.5. The lowest BCUT2D eigenvalue weighted by Gasteiger charge is -2.38. The number of rotatable bonds is 15. The highest BCUT2D eigenvalue weighted by Gasteiger charge is 2.51. The van der Waals surface area contributed by atoms with Gasteiger partial charge in [0.15, 0.2) is 0 Å². The molecule has 0 bridgehead atoms. The van der Waals surface area contributed by atoms with Crippen LogP contribution in [-0.4, -0.2) is 98.3 Å². The molecule has 1 aromatic rings. The largest absolute Gasteiger partial charge is 0.364 e. The molecule has 5 amide bonds. The van der Waals surface area contributed by atoms with Crippen LogP contribution >= 0.6 is 0 Å². The van der Waals surface area contributed by atoms with Crippen molar-refractivity contribution >= 4 is 35.3 Å². The van der Waals surface area contributed by atoms with E-state index in [1.165, 1.54) is 23.5 Å². The van der Waals surface area contributed by atoms with Crippen LogP contribution in [0, 0.1) is 23.2 Å². The molecule has 0 spiro atoms. The minimum Gasteiger partial charge on any atom is -0.364 e. The number of likely N-dealkylation sites (tertiary alicyclic amines) is 1. The van der Waals surface area contributed by atoms with Crippen molar-refractivity contribution in [2.24, 2.45) is 28.9 Å². The molecule has 2 heterocycles. The summed E-state index contributed by atoms with van der Waals surface area (Å²) in [5.74, 6) is -5.32. The first kappa shape index (κ1) is 39.8. The van der Waals surface area contributed by atoms with Gasteiger partial charge in [0.25, 0.3) is 17.6 Å². The lowest BCUT2D eigenvalue weighted by molar-refractivity contribution is -0.158. The van der Waals surface area contributed by atoms with Gasteiger partial charge in [-0.05, 0) is 61.8 Å². The third kappa shape index (κ3) is 9.88. The van der Waals surface area contributed by atoms with Crippen LogP contribution in [-0.2, 0) is 24.0 Å². The highest BCUT2D eigenvalue weighted by molar-refractivity contribution is 6.39. The van der Waals surface area contributed by atoms with Gasteiger partial charge in [0, 0.05) is 31.4 Å². The van der Waals surface area contributed by atoms with Gasteiger partial charge in [-0.2, -0.15) is 0 Å². The number of Topliss-reactive ketones (excluding diaryl/α,β-unsaturated/α-hetero) is 1. The van der Waals surface area contributed by atoms with E-state index in [2.05, 4.69) is 31.2 Å². The van der Waals surface area contributed by atoms with Gasteiger partial charge in [-0.3, -0.25) is 33.8 Å². The molecule has 7 N–H and O–H groups in total. The molecule has 6 atom stereocenters. The van der Waals surface area contributed by atoms with Crippen molar-refractivity contribution in [3.63, 3.8) is 0 Å². The number of ketones is 1. The molecule has 0 aromatic carbocycles. The Hall–Kier alpha value is -3.98. The monoisotopic (exact) mass is 712 g/mol. The quantitative estimate of drug-likeness (QED) is 0.112. The first-order valence-electron chi connectivity index (χ1n) is 18.4. The van der Waals surface area contributed by atoms with Crippen LogP contribution < -0.4 is 27.0 Å². The van der Waals surface area contributed by atoms with Crippen LogP contribution in [0.4, 0.5) is 0 Å².